The summed E-state index contributed by atoms with van der Waals surface area (Å²) in [5.74, 6) is 0.601. The monoisotopic (exact) mass is 362 g/mol. The fourth-order valence-electron chi connectivity index (χ4n) is 4.18. The molecule has 0 bridgehead atoms. The fourth-order valence-corrected chi connectivity index (χ4v) is 4.18. The second-order valence-electron chi connectivity index (χ2n) is 10.3. The lowest BCUT2D eigenvalue weighted by molar-refractivity contribution is 0.00578. The summed E-state index contributed by atoms with van der Waals surface area (Å²) < 4.78 is 25.3. The maximum Gasteiger partial charge on any atom is 0.490 e. The van der Waals surface area contributed by atoms with Crippen LogP contribution in [0.15, 0.2) is 12.1 Å². The van der Waals surface area contributed by atoms with Gasteiger partial charge in [0.2, 0.25) is 0 Å². The van der Waals surface area contributed by atoms with Crippen LogP contribution in [-0.4, -0.2) is 36.6 Å². The molecule has 146 valence electrons. The minimum Gasteiger partial charge on any atom is -0.403 e. The predicted molar refractivity (Wildman–Crippen MR) is 107 cm³/mol. The Kier molecular flexibility index (Phi) is 5.01. The summed E-state index contributed by atoms with van der Waals surface area (Å²) >= 11 is 0. The zero-order valence-corrected chi connectivity index (χ0v) is 18.0. The quantitative estimate of drug-likeness (QED) is 0.675. The molecule has 0 aromatic carbocycles. The van der Waals surface area contributed by atoms with E-state index >= 15 is 0 Å². The predicted octanol–water partition coefficient (Wildman–Crippen LogP) is 4.83. The van der Waals surface area contributed by atoms with Crippen molar-refractivity contribution in [2.45, 2.75) is 109 Å². The van der Waals surface area contributed by atoms with Crippen LogP contribution in [0.4, 0.5) is 0 Å². The smallest absolute Gasteiger partial charge is 0.403 e. The van der Waals surface area contributed by atoms with Gasteiger partial charge < -0.3 is 18.6 Å². The molecule has 1 saturated carbocycles. The molecule has 0 aromatic heterocycles. The second kappa shape index (κ2) is 6.37. The second-order valence-corrected chi connectivity index (χ2v) is 10.3. The van der Waals surface area contributed by atoms with Gasteiger partial charge in [-0.3, -0.25) is 0 Å². The third kappa shape index (κ3) is 3.32. The number of hydrogen-bond acceptors (Lipinski definition) is 4. The van der Waals surface area contributed by atoms with Crippen molar-refractivity contribution in [2.75, 3.05) is 0 Å². The highest BCUT2D eigenvalue weighted by Crippen LogP contribution is 2.50. The molecular weight excluding hydrogens is 326 g/mol. The Hall–Kier alpha value is -0.290. The normalized spacial score (nSPS) is 34.9. The van der Waals surface area contributed by atoms with Gasteiger partial charge in [0.25, 0.3) is 0 Å². The van der Waals surface area contributed by atoms with E-state index in [1.807, 2.05) is 0 Å². The lowest BCUT2D eigenvalue weighted by Crippen LogP contribution is -2.41. The van der Waals surface area contributed by atoms with Gasteiger partial charge in [-0.05, 0) is 79.0 Å². The van der Waals surface area contributed by atoms with Gasteiger partial charge in [0.1, 0.15) is 0 Å². The van der Waals surface area contributed by atoms with E-state index < -0.39 is 0 Å². The molecule has 3 aliphatic rings. The SMILES string of the molecule is C=C(B1OC(C)(C)C(C)(C)O1)[C@H]1CCCC[C@H]1B1OC(C)(C)C(C)(C)O1. The van der Waals surface area contributed by atoms with Crippen molar-refractivity contribution < 1.29 is 18.6 Å². The van der Waals surface area contributed by atoms with E-state index in [0.717, 1.165) is 18.3 Å². The first-order valence-electron chi connectivity index (χ1n) is 10.2. The van der Waals surface area contributed by atoms with Gasteiger partial charge >= 0.3 is 14.2 Å². The van der Waals surface area contributed by atoms with E-state index in [-0.39, 0.29) is 36.6 Å². The van der Waals surface area contributed by atoms with Gasteiger partial charge in [0.15, 0.2) is 0 Å². The molecule has 26 heavy (non-hydrogen) atoms. The van der Waals surface area contributed by atoms with Gasteiger partial charge in [-0.15, -0.1) is 6.58 Å². The third-order valence-electron chi connectivity index (χ3n) is 7.47. The van der Waals surface area contributed by atoms with Crippen LogP contribution in [0, 0.1) is 5.92 Å². The van der Waals surface area contributed by atoms with Gasteiger partial charge in [0.05, 0.1) is 22.4 Å². The molecule has 2 aliphatic heterocycles. The van der Waals surface area contributed by atoms with Gasteiger partial charge in [0, 0.05) is 0 Å². The van der Waals surface area contributed by atoms with E-state index in [1.54, 1.807) is 0 Å². The van der Waals surface area contributed by atoms with Crippen molar-refractivity contribution in [2.24, 2.45) is 5.92 Å². The minimum atomic E-state index is -0.354. The van der Waals surface area contributed by atoms with E-state index in [9.17, 15) is 0 Å². The van der Waals surface area contributed by atoms with Crippen LogP contribution in [-0.2, 0) is 18.6 Å². The molecule has 0 N–H and O–H groups in total. The summed E-state index contributed by atoms with van der Waals surface area (Å²) in [5.41, 5.74) is -0.232. The fraction of sp³-hybridized carbons (Fsp3) is 0.900. The summed E-state index contributed by atoms with van der Waals surface area (Å²) in [4.78, 5) is 0. The molecule has 0 spiro atoms. The lowest BCUT2D eigenvalue weighted by Gasteiger charge is -2.34. The summed E-state index contributed by atoms with van der Waals surface area (Å²) in [7, 11) is -0.544. The molecule has 0 aromatic rings. The van der Waals surface area contributed by atoms with Gasteiger partial charge in [-0.2, -0.15) is 0 Å². The first-order chi connectivity index (χ1) is 11.8. The van der Waals surface area contributed by atoms with Crippen molar-refractivity contribution in [3.05, 3.63) is 12.1 Å². The van der Waals surface area contributed by atoms with Crippen molar-refractivity contribution >= 4 is 14.2 Å². The summed E-state index contributed by atoms with van der Waals surface area (Å²) in [5, 5.41) is 0. The van der Waals surface area contributed by atoms with Crippen molar-refractivity contribution in [1.29, 1.82) is 0 Å². The van der Waals surface area contributed by atoms with Crippen LogP contribution >= 0.6 is 0 Å². The Morgan fingerprint density at radius 2 is 1.15 bits per heavy atom. The first-order valence-corrected chi connectivity index (χ1v) is 10.2. The zero-order chi connectivity index (χ0) is 19.5. The van der Waals surface area contributed by atoms with Crippen LogP contribution in [0.1, 0.15) is 81.1 Å². The average Bonchev–Trinajstić information content (AvgIpc) is 2.86. The molecule has 2 heterocycles. The Bertz CT molecular complexity index is 538. The Morgan fingerprint density at radius 1 is 0.731 bits per heavy atom. The molecule has 3 fully saturated rings. The molecule has 4 nitrogen and oxygen atoms in total. The summed E-state index contributed by atoms with van der Waals surface area (Å²) in [6.07, 6.45) is 4.61. The average molecular weight is 362 g/mol. The molecule has 2 saturated heterocycles. The van der Waals surface area contributed by atoms with Crippen LogP contribution in [0.25, 0.3) is 0 Å². The molecular formula is C20H36B2O4. The van der Waals surface area contributed by atoms with Gasteiger partial charge in [-0.1, -0.05) is 19.3 Å². The van der Waals surface area contributed by atoms with E-state index in [1.165, 1.54) is 12.8 Å². The third-order valence-corrected chi connectivity index (χ3v) is 7.47. The standard InChI is InChI=1S/C20H36B2O4/c1-14(21-23-17(2,3)18(4,5)24-21)15-12-10-11-13-16(15)22-25-19(6,7)20(8,9)26-22/h15-16H,1,10-13H2,2-9H3/t15-,16-/m1/s1. The zero-order valence-electron chi connectivity index (χ0n) is 18.0. The maximum absolute atomic E-state index is 6.38. The Labute approximate surface area is 160 Å². The number of rotatable bonds is 3. The summed E-state index contributed by atoms with van der Waals surface area (Å²) in [6, 6.07) is 0. The molecule has 0 radical (unpaired) electrons. The molecule has 0 amide bonds. The van der Waals surface area contributed by atoms with Crippen molar-refractivity contribution in [3.63, 3.8) is 0 Å². The van der Waals surface area contributed by atoms with E-state index in [4.69, 9.17) is 18.6 Å². The van der Waals surface area contributed by atoms with E-state index in [0.29, 0.717) is 11.7 Å². The van der Waals surface area contributed by atoms with Crippen LogP contribution in [0.3, 0.4) is 0 Å². The maximum atomic E-state index is 6.38. The number of hydrogen-bond donors (Lipinski definition) is 0. The van der Waals surface area contributed by atoms with Gasteiger partial charge in [-0.25, -0.2) is 0 Å². The van der Waals surface area contributed by atoms with Crippen molar-refractivity contribution in [3.8, 4) is 0 Å². The molecule has 0 unspecified atom stereocenters. The Balaban J connectivity index is 1.77. The highest BCUT2D eigenvalue weighted by molar-refractivity contribution is 6.55. The first kappa shape index (κ1) is 20.4. The van der Waals surface area contributed by atoms with Crippen LogP contribution in [0.2, 0.25) is 5.82 Å². The Morgan fingerprint density at radius 3 is 1.65 bits per heavy atom. The topological polar surface area (TPSA) is 36.9 Å². The molecule has 3 rings (SSSR count). The molecule has 6 heteroatoms. The largest absolute Gasteiger partial charge is 0.490 e. The van der Waals surface area contributed by atoms with Crippen molar-refractivity contribution in [1.82, 2.24) is 0 Å². The van der Waals surface area contributed by atoms with E-state index in [2.05, 4.69) is 62.0 Å². The lowest BCUT2D eigenvalue weighted by atomic mass is 9.53. The summed E-state index contributed by atoms with van der Waals surface area (Å²) in [6.45, 7) is 21.3. The highest BCUT2D eigenvalue weighted by Gasteiger charge is 2.58. The molecule has 1 aliphatic carbocycles. The highest BCUT2D eigenvalue weighted by atomic mass is 16.7. The minimum absolute atomic E-state index is 0.190. The molecule has 2 atom stereocenters. The van der Waals surface area contributed by atoms with Crippen LogP contribution < -0.4 is 0 Å². The number of allylic oxidation sites excluding steroid dienone is 1. The van der Waals surface area contributed by atoms with Crippen LogP contribution in [0.5, 0.6) is 0 Å².